The summed E-state index contributed by atoms with van der Waals surface area (Å²) in [4.78, 5) is 27.8. The third kappa shape index (κ3) is 1.85. The van der Waals surface area contributed by atoms with E-state index in [-0.39, 0.29) is 0 Å². The third-order valence-corrected chi connectivity index (χ3v) is 4.81. The fraction of sp³-hybridized carbons (Fsp3) is 0.467. The van der Waals surface area contributed by atoms with Gasteiger partial charge in [0.15, 0.2) is 0 Å². The summed E-state index contributed by atoms with van der Waals surface area (Å²) >= 11 is 0. The molecule has 5 heteroatoms. The molecule has 2 bridgehead atoms. The molecule has 0 spiro atoms. The van der Waals surface area contributed by atoms with Crippen molar-refractivity contribution in [3.63, 3.8) is 0 Å². The molecule has 1 heterocycles. The Morgan fingerprint density at radius 1 is 1.00 bits per heavy atom. The summed E-state index contributed by atoms with van der Waals surface area (Å²) in [6.45, 7) is 0. The molecule has 3 N–H and O–H groups in total. The van der Waals surface area contributed by atoms with E-state index in [9.17, 15) is 9.59 Å². The van der Waals surface area contributed by atoms with Crippen molar-refractivity contribution in [1.82, 2.24) is 9.97 Å². The average molecular weight is 271 g/mol. The topological polar surface area (TPSA) is 77.8 Å². The molecule has 2 saturated carbocycles. The lowest BCUT2D eigenvalue weighted by Gasteiger charge is -2.24. The highest BCUT2D eigenvalue weighted by atomic mass is 16.2. The van der Waals surface area contributed by atoms with Crippen LogP contribution in [0.5, 0.6) is 0 Å². The molecule has 1 aromatic heterocycles. The number of rotatable bonds is 2. The Labute approximate surface area is 115 Å². The zero-order valence-corrected chi connectivity index (χ0v) is 11.1. The second-order valence-corrected chi connectivity index (χ2v) is 6.09. The molecule has 5 nitrogen and oxygen atoms in total. The molecule has 3 atom stereocenters. The summed E-state index contributed by atoms with van der Waals surface area (Å²) in [5.74, 6) is 1.69. The van der Waals surface area contributed by atoms with Crippen molar-refractivity contribution in [2.45, 2.75) is 31.7 Å². The van der Waals surface area contributed by atoms with Crippen molar-refractivity contribution < 1.29 is 0 Å². The second kappa shape index (κ2) is 4.23. The second-order valence-electron chi connectivity index (χ2n) is 6.09. The van der Waals surface area contributed by atoms with Gasteiger partial charge in [0.2, 0.25) is 0 Å². The maximum atomic E-state index is 11.4. The van der Waals surface area contributed by atoms with Crippen LogP contribution < -0.4 is 16.4 Å². The van der Waals surface area contributed by atoms with Crippen LogP contribution in [0.3, 0.4) is 0 Å². The zero-order chi connectivity index (χ0) is 13.7. The summed E-state index contributed by atoms with van der Waals surface area (Å²) in [6.07, 6.45) is 5.33. The lowest BCUT2D eigenvalue weighted by molar-refractivity contribution is 0.440. The van der Waals surface area contributed by atoms with E-state index in [1.807, 2.05) is 18.2 Å². The fourth-order valence-electron chi connectivity index (χ4n) is 3.84. The lowest BCUT2D eigenvalue weighted by atomic mass is 9.95. The van der Waals surface area contributed by atoms with E-state index in [1.54, 1.807) is 0 Å². The van der Waals surface area contributed by atoms with Crippen LogP contribution >= 0.6 is 0 Å². The minimum atomic E-state index is -0.605. The van der Waals surface area contributed by atoms with Crippen molar-refractivity contribution in [2.75, 3.05) is 5.32 Å². The standard InChI is InChI=1S/C15H17N3O2/c19-14-15(20)18-13-7-10(3-4-11(13)17-14)16-12-6-8-1-2-9(12)5-8/h3-4,7-9,12,16H,1-2,5-6H2,(H,17,19)(H,18,20). The summed E-state index contributed by atoms with van der Waals surface area (Å²) < 4.78 is 0. The van der Waals surface area contributed by atoms with E-state index < -0.39 is 11.1 Å². The quantitative estimate of drug-likeness (QED) is 0.729. The molecule has 20 heavy (non-hydrogen) atoms. The van der Waals surface area contributed by atoms with Crippen LogP contribution in [0.15, 0.2) is 27.8 Å². The summed E-state index contributed by atoms with van der Waals surface area (Å²) in [7, 11) is 0. The van der Waals surface area contributed by atoms with Crippen molar-refractivity contribution in [3.05, 3.63) is 38.9 Å². The highest BCUT2D eigenvalue weighted by Crippen LogP contribution is 2.45. The molecule has 0 saturated heterocycles. The van der Waals surface area contributed by atoms with E-state index in [0.717, 1.165) is 17.5 Å². The molecule has 4 rings (SSSR count). The monoisotopic (exact) mass is 271 g/mol. The van der Waals surface area contributed by atoms with E-state index >= 15 is 0 Å². The molecule has 3 unspecified atom stereocenters. The van der Waals surface area contributed by atoms with E-state index in [0.29, 0.717) is 17.1 Å². The molecule has 0 radical (unpaired) electrons. The Hall–Kier alpha value is -2.04. The van der Waals surface area contributed by atoms with Gasteiger partial charge >= 0.3 is 11.1 Å². The summed E-state index contributed by atoms with van der Waals surface area (Å²) in [6, 6.07) is 6.25. The molecule has 0 aliphatic heterocycles. The van der Waals surface area contributed by atoms with Crippen LogP contribution in [0.4, 0.5) is 5.69 Å². The van der Waals surface area contributed by atoms with Gasteiger partial charge in [0.05, 0.1) is 11.0 Å². The first-order chi connectivity index (χ1) is 9.69. The molecule has 2 aromatic rings. The predicted octanol–water partition coefficient (Wildman–Crippen LogP) is 1.82. The van der Waals surface area contributed by atoms with Gasteiger partial charge in [-0.25, -0.2) is 0 Å². The Morgan fingerprint density at radius 2 is 1.80 bits per heavy atom. The Morgan fingerprint density at radius 3 is 2.50 bits per heavy atom. The number of aromatic amines is 2. The van der Waals surface area contributed by atoms with Gasteiger partial charge in [-0.3, -0.25) is 9.59 Å². The van der Waals surface area contributed by atoms with Crippen LogP contribution in [0.2, 0.25) is 0 Å². The zero-order valence-electron chi connectivity index (χ0n) is 11.1. The Balaban J connectivity index is 1.65. The molecular formula is C15H17N3O2. The predicted molar refractivity (Wildman–Crippen MR) is 78.0 cm³/mol. The number of hydrogen-bond donors (Lipinski definition) is 3. The van der Waals surface area contributed by atoms with Gasteiger partial charge < -0.3 is 15.3 Å². The molecule has 2 aliphatic carbocycles. The minimum absolute atomic E-state index is 0.556. The van der Waals surface area contributed by atoms with Gasteiger partial charge in [-0.05, 0) is 49.3 Å². The summed E-state index contributed by atoms with van der Waals surface area (Å²) in [5, 5.41) is 3.58. The largest absolute Gasteiger partial charge is 0.382 e. The van der Waals surface area contributed by atoms with Gasteiger partial charge in [0.1, 0.15) is 0 Å². The van der Waals surface area contributed by atoms with Crippen LogP contribution in [0, 0.1) is 11.8 Å². The maximum absolute atomic E-state index is 11.4. The first-order valence-corrected chi connectivity index (χ1v) is 7.22. The van der Waals surface area contributed by atoms with Gasteiger partial charge in [-0.15, -0.1) is 0 Å². The average Bonchev–Trinajstić information content (AvgIpc) is 3.03. The van der Waals surface area contributed by atoms with Crippen molar-refractivity contribution in [2.24, 2.45) is 11.8 Å². The molecule has 1 aromatic carbocycles. The molecular weight excluding hydrogens is 254 g/mol. The van der Waals surface area contributed by atoms with Crippen LogP contribution in [0.25, 0.3) is 11.0 Å². The minimum Gasteiger partial charge on any atom is -0.382 e. The number of hydrogen-bond acceptors (Lipinski definition) is 3. The number of aromatic nitrogens is 2. The highest BCUT2D eigenvalue weighted by molar-refractivity contribution is 5.78. The van der Waals surface area contributed by atoms with Crippen molar-refractivity contribution in [1.29, 1.82) is 0 Å². The highest BCUT2D eigenvalue weighted by Gasteiger charge is 2.39. The third-order valence-electron chi connectivity index (χ3n) is 4.81. The molecule has 0 amide bonds. The Kier molecular flexibility index (Phi) is 2.49. The first-order valence-electron chi connectivity index (χ1n) is 7.22. The van der Waals surface area contributed by atoms with E-state index in [2.05, 4.69) is 15.3 Å². The van der Waals surface area contributed by atoms with Crippen LogP contribution in [-0.2, 0) is 0 Å². The number of anilines is 1. The van der Waals surface area contributed by atoms with Crippen molar-refractivity contribution >= 4 is 16.7 Å². The van der Waals surface area contributed by atoms with Gasteiger partial charge in [-0.1, -0.05) is 6.42 Å². The number of fused-ring (bicyclic) bond motifs is 3. The fourth-order valence-corrected chi connectivity index (χ4v) is 3.84. The van der Waals surface area contributed by atoms with Crippen molar-refractivity contribution in [3.8, 4) is 0 Å². The van der Waals surface area contributed by atoms with Gasteiger partial charge in [0, 0.05) is 11.7 Å². The SMILES string of the molecule is O=c1[nH]c2ccc(NC3CC4CCC3C4)cc2[nH]c1=O. The molecule has 2 fully saturated rings. The number of H-pyrrole nitrogens is 2. The lowest BCUT2D eigenvalue weighted by Crippen LogP contribution is -2.29. The van der Waals surface area contributed by atoms with Crippen LogP contribution in [0.1, 0.15) is 25.7 Å². The van der Waals surface area contributed by atoms with Gasteiger partial charge in [-0.2, -0.15) is 0 Å². The van der Waals surface area contributed by atoms with E-state index in [1.165, 1.54) is 25.7 Å². The van der Waals surface area contributed by atoms with Crippen LogP contribution in [-0.4, -0.2) is 16.0 Å². The first kappa shape index (κ1) is 11.8. The Bertz CT molecular complexity index is 777. The smallest absolute Gasteiger partial charge is 0.314 e. The summed E-state index contributed by atoms with van der Waals surface area (Å²) in [5.41, 5.74) is 1.13. The van der Waals surface area contributed by atoms with Gasteiger partial charge in [0.25, 0.3) is 0 Å². The number of benzene rings is 1. The number of nitrogens with one attached hydrogen (secondary N) is 3. The maximum Gasteiger partial charge on any atom is 0.314 e. The normalized spacial score (nSPS) is 28.1. The van der Waals surface area contributed by atoms with E-state index in [4.69, 9.17) is 0 Å². The molecule has 104 valence electrons. The molecule has 2 aliphatic rings.